The minimum absolute atomic E-state index is 0.247. The zero-order chi connectivity index (χ0) is 12.3. The minimum atomic E-state index is 0.247. The average Bonchev–Trinajstić information content (AvgIpc) is 2.73. The van der Waals surface area contributed by atoms with Gasteiger partial charge >= 0.3 is 0 Å². The smallest absolute Gasteiger partial charge is 0.253 e. The van der Waals surface area contributed by atoms with Crippen LogP contribution in [0.4, 0.5) is 0 Å². The molecule has 2 rings (SSSR count). The van der Waals surface area contributed by atoms with Crippen LogP contribution < -0.4 is 10.5 Å². The number of hydrogen-bond acceptors (Lipinski definition) is 5. The van der Waals surface area contributed by atoms with E-state index in [1.54, 1.807) is 0 Å². The van der Waals surface area contributed by atoms with Gasteiger partial charge in [-0.3, -0.25) is 0 Å². The van der Waals surface area contributed by atoms with E-state index in [1.165, 1.54) is 0 Å². The molecule has 1 heterocycles. The highest BCUT2D eigenvalue weighted by molar-refractivity contribution is 5.32. The van der Waals surface area contributed by atoms with Crippen molar-refractivity contribution in [3.05, 3.63) is 41.1 Å². The van der Waals surface area contributed by atoms with Gasteiger partial charge in [-0.05, 0) is 37.1 Å². The molecule has 0 fully saturated rings. The topological polar surface area (TPSA) is 74.2 Å². The zero-order valence-corrected chi connectivity index (χ0v) is 9.93. The first kappa shape index (κ1) is 11.6. The van der Waals surface area contributed by atoms with Crippen molar-refractivity contribution in [2.45, 2.75) is 27.0 Å². The summed E-state index contributed by atoms with van der Waals surface area (Å²) in [6.45, 7) is 4.56. The molecule has 90 valence electrons. The Balaban J connectivity index is 2.01. The van der Waals surface area contributed by atoms with Crippen LogP contribution in [-0.2, 0) is 13.2 Å². The van der Waals surface area contributed by atoms with E-state index >= 15 is 0 Å². The lowest BCUT2D eigenvalue weighted by atomic mass is 10.1. The second kappa shape index (κ2) is 4.97. The summed E-state index contributed by atoms with van der Waals surface area (Å²) < 4.78 is 10.8. The van der Waals surface area contributed by atoms with Crippen molar-refractivity contribution in [2.24, 2.45) is 5.73 Å². The SMILES string of the molecule is Cc1cc(C)cc(OCc2nnc(CN)o2)c1. The summed E-state index contributed by atoms with van der Waals surface area (Å²) in [6, 6.07) is 6.02. The molecule has 5 heteroatoms. The fraction of sp³-hybridized carbons (Fsp3) is 0.333. The van der Waals surface area contributed by atoms with Crippen LogP contribution in [0.15, 0.2) is 22.6 Å². The van der Waals surface area contributed by atoms with Crippen molar-refractivity contribution in [3.63, 3.8) is 0 Å². The number of nitrogens with two attached hydrogens (primary N) is 1. The van der Waals surface area contributed by atoms with Crippen molar-refractivity contribution in [1.82, 2.24) is 10.2 Å². The largest absolute Gasteiger partial charge is 0.484 e. The van der Waals surface area contributed by atoms with Crippen LogP contribution in [0.3, 0.4) is 0 Å². The molecule has 0 saturated heterocycles. The second-order valence-corrected chi connectivity index (χ2v) is 3.91. The van der Waals surface area contributed by atoms with E-state index < -0.39 is 0 Å². The van der Waals surface area contributed by atoms with Crippen LogP contribution in [0.5, 0.6) is 5.75 Å². The molecule has 0 amide bonds. The molecular formula is C12H15N3O2. The summed E-state index contributed by atoms with van der Waals surface area (Å²) >= 11 is 0. The van der Waals surface area contributed by atoms with E-state index in [1.807, 2.05) is 26.0 Å². The molecule has 0 aliphatic rings. The molecule has 17 heavy (non-hydrogen) atoms. The lowest BCUT2D eigenvalue weighted by Gasteiger charge is -2.05. The van der Waals surface area contributed by atoms with Crippen LogP contribution in [0, 0.1) is 13.8 Å². The lowest BCUT2D eigenvalue weighted by molar-refractivity contribution is 0.259. The van der Waals surface area contributed by atoms with Crippen molar-refractivity contribution in [3.8, 4) is 5.75 Å². The Hall–Kier alpha value is -1.88. The number of hydrogen-bond donors (Lipinski definition) is 1. The average molecular weight is 233 g/mol. The Morgan fingerprint density at radius 3 is 2.35 bits per heavy atom. The van der Waals surface area contributed by atoms with Gasteiger partial charge in [0, 0.05) is 0 Å². The van der Waals surface area contributed by atoms with Crippen molar-refractivity contribution in [2.75, 3.05) is 0 Å². The van der Waals surface area contributed by atoms with Crippen LogP contribution in [-0.4, -0.2) is 10.2 Å². The first-order chi connectivity index (χ1) is 8.17. The molecule has 1 aromatic carbocycles. The van der Waals surface area contributed by atoms with E-state index in [0.717, 1.165) is 16.9 Å². The summed E-state index contributed by atoms with van der Waals surface area (Å²) in [5, 5.41) is 7.59. The molecule has 0 radical (unpaired) electrons. The van der Waals surface area contributed by atoms with E-state index in [2.05, 4.69) is 16.3 Å². The summed E-state index contributed by atoms with van der Waals surface area (Å²) in [7, 11) is 0. The number of benzene rings is 1. The predicted octanol–water partition coefficient (Wildman–Crippen LogP) is 1.72. The van der Waals surface area contributed by atoms with Gasteiger partial charge in [-0.15, -0.1) is 10.2 Å². The molecule has 0 spiro atoms. The van der Waals surface area contributed by atoms with Gasteiger partial charge in [0.15, 0.2) is 6.61 Å². The summed E-state index contributed by atoms with van der Waals surface area (Å²) in [4.78, 5) is 0. The molecule has 0 aliphatic heterocycles. The Kier molecular flexibility index (Phi) is 3.39. The standard InChI is InChI=1S/C12H15N3O2/c1-8-3-9(2)5-10(4-8)16-7-12-15-14-11(6-13)17-12/h3-5H,6-7,13H2,1-2H3. The highest BCUT2D eigenvalue weighted by Crippen LogP contribution is 2.17. The lowest BCUT2D eigenvalue weighted by Crippen LogP contribution is -1.96. The predicted molar refractivity (Wildman–Crippen MR) is 62.4 cm³/mol. The number of rotatable bonds is 4. The van der Waals surface area contributed by atoms with E-state index in [9.17, 15) is 0 Å². The van der Waals surface area contributed by atoms with E-state index in [-0.39, 0.29) is 13.2 Å². The molecule has 0 aliphatic carbocycles. The van der Waals surface area contributed by atoms with Crippen molar-refractivity contribution >= 4 is 0 Å². The van der Waals surface area contributed by atoms with Gasteiger partial charge in [0.25, 0.3) is 5.89 Å². The maximum Gasteiger partial charge on any atom is 0.253 e. The van der Waals surface area contributed by atoms with Gasteiger partial charge in [-0.25, -0.2) is 0 Å². The molecule has 0 unspecified atom stereocenters. The fourth-order valence-corrected chi connectivity index (χ4v) is 1.59. The van der Waals surface area contributed by atoms with Gasteiger partial charge in [-0.1, -0.05) is 6.07 Å². The van der Waals surface area contributed by atoms with Crippen LogP contribution in [0.2, 0.25) is 0 Å². The monoisotopic (exact) mass is 233 g/mol. The molecular weight excluding hydrogens is 218 g/mol. The first-order valence-electron chi connectivity index (χ1n) is 5.40. The number of ether oxygens (including phenoxy) is 1. The van der Waals surface area contributed by atoms with Crippen molar-refractivity contribution in [1.29, 1.82) is 0 Å². The Bertz CT molecular complexity index is 488. The molecule has 2 aromatic rings. The molecule has 0 atom stereocenters. The van der Waals surface area contributed by atoms with Gasteiger partial charge < -0.3 is 14.9 Å². The normalized spacial score (nSPS) is 10.5. The molecule has 5 nitrogen and oxygen atoms in total. The highest BCUT2D eigenvalue weighted by Gasteiger charge is 2.05. The second-order valence-electron chi connectivity index (χ2n) is 3.91. The highest BCUT2D eigenvalue weighted by atomic mass is 16.5. The third-order valence-corrected chi connectivity index (χ3v) is 2.24. The number of aromatic nitrogens is 2. The number of aryl methyl sites for hydroxylation is 2. The molecule has 0 bridgehead atoms. The first-order valence-corrected chi connectivity index (χ1v) is 5.40. The molecule has 0 saturated carbocycles. The van der Waals surface area contributed by atoms with E-state index in [0.29, 0.717) is 11.8 Å². The minimum Gasteiger partial charge on any atom is -0.484 e. The summed E-state index contributed by atoms with van der Waals surface area (Å²) in [5.41, 5.74) is 7.69. The van der Waals surface area contributed by atoms with Crippen molar-refractivity contribution < 1.29 is 9.15 Å². The maximum absolute atomic E-state index is 5.57. The van der Waals surface area contributed by atoms with Crippen LogP contribution in [0.1, 0.15) is 22.9 Å². The third-order valence-electron chi connectivity index (χ3n) is 2.24. The quantitative estimate of drug-likeness (QED) is 0.870. The summed E-state index contributed by atoms with van der Waals surface area (Å²) in [5.74, 6) is 1.66. The Morgan fingerprint density at radius 1 is 1.12 bits per heavy atom. The fourth-order valence-electron chi connectivity index (χ4n) is 1.59. The van der Waals surface area contributed by atoms with E-state index in [4.69, 9.17) is 14.9 Å². The Morgan fingerprint density at radius 2 is 1.76 bits per heavy atom. The maximum atomic E-state index is 5.57. The molecule has 2 N–H and O–H groups in total. The molecule has 1 aromatic heterocycles. The number of nitrogens with zero attached hydrogens (tertiary/aromatic N) is 2. The Labute approximate surface area is 99.6 Å². The van der Waals surface area contributed by atoms with Gasteiger partial charge in [0.05, 0.1) is 6.54 Å². The van der Waals surface area contributed by atoms with Crippen LogP contribution in [0.25, 0.3) is 0 Å². The third kappa shape index (κ3) is 3.04. The van der Waals surface area contributed by atoms with Gasteiger partial charge in [0.2, 0.25) is 5.89 Å². The van der Waals surface area contributed by atoms with Gasteiger partial charge in [-0.2, -0.15) is 0 Å². The zero-order valence-electron chi connectivity index (χ0n) is 9.93. The van der Waals surface area contributed by atoms with Gasteiger partial charge in [0.1, 0.15) is 5.75 Å². The van der Waals surface area contributed by atoms with Crippen LogP contribution >= 0.6 is 0 Å². The summed E-state index contributed by atoms with van der Waals surface area (Å²) in [6.07, 6.45) is 0.